The first-order valence-corrected chi connectivity index (χ1v) is 8.62. The first kappa shape index (κ1) is 17.9. The SMILES string of the molecule is Cc1ccc(-c2nn(-c3ccccc3)cc2CN(C)CC(N)=O)cc1C. The summed E-state index contributed by atoms with van der Waals surface area (Å²) in [5, 5.41) is 4.83. The normalized spacial score (nSPS) is 11.1. The van der Waals surface area contributed by atoms with Crippen LogP contribution < -0.4 is 5.73 Å². The number of likely N-dealkylation sites (N-methyl/N-ethyl adjacent to an activating group) is 1. The van der Waals surface area contributed by atoms with E-state index in [1.807, 2.05) is 53.2 Å². The molecule has 5 nitrogen and oxygen atoms in total. The van der Waals surface area contributed by atoms with Crippen molar-refractivity contribution in [2.24, 2.45) is 5.73 Å². The van der Waals surface area contributed by atoms with Gasteiger partial charge in [0.2, 0.25) is 5.91 Å². The van der Waals surface area contributed by atoms with Gasteiger partial charge < -0.3 is 5.73 Å². The third kappa shape index (κ3) is 4.00. The van der Waals surface area contributed by atoms with Crippen LogP contribution in [0.25, 0.3) is 16.9 Å². The van der Waals surface area contributed by atoms with Gasteiger partial charge in [0.05, 0.1) is 17.9 Å². The first-order chi connectivity index (χ1) is 12.4. The largest absolute Gasteiger partial charge is 0.369 e. The molecule has 0 atom stereocenters. The third-order valence-corrected chi connectivity index (χ3v) is 4.46. The number of hydrogen-bond acceptors (Lipinski definition) is 3. The van der Waals surface area contributed by atoms with Gasteiger partial charge in [0, 0.05) is 23.9 Å². The van der Waals surface area contributed by atoms with Gasteiger partial charge in [0.15, 0.2) is 0 Å². The van der Waals surface area contributed by atoms with Gasteiger partial charge in [-0.15, -0.1) is 0 Å². The molecule has 0 spiro atoms. The molecule has 0 bridgehead atoms. The van der Waals surface area contributed by atoms with Crippen molar-refractivity contribution in [3.8, 4) is 16.9 Å². The van der Waals surface area contributed by atoms with Gasteiger partial charge in [0.25, 0.3) is 0 Å². The van der Waals surface area contributed by atoms with Gasteiger partial charge in [-0.2, -0.15) is 5.10 Å². The maximum Gasteiger partial charge on any atom is 0.231 e. The summed E-state index contributed by atoms with van der Waals surface area (Å²) >= 11 is 0. The maximum atomic E-state index is 11.2. The highest BCUT2D eigenvalue weighted by molar-refractivity contribution is 5.76. The fourth-order valence-electron chi connectivity index (χ4n) is 2.98. The summed E-state index contributed by atoms with van der Waals surface area (Å²) in [4.78, 5) is 13.1. The molecule has 0 fully saturated rings. The van der Waals surface area contributed by atoms with Gasteiger partial charge >= 0.3 is 0 Å². The second kappa shape index (κ2) is 7.54. The minimum atomic E-state index is -0.337. The zero-order chi connectivity index (χ0) is 18.7. The average molecular weight is 348 g/mol. The molecule has 5 heteroatoms. The lowest BCUT2D eigenvalue weighted by atomic mass is 10.0. The fraction of sp³-hybridized carbons (Fsp3) is 0.238. The average Bonchev–Trinajstić information content (AvgIpc) is 3.01. The summed E-state index contributed by atoms with van der Waals surface area (Å²) in [7, 11) is 1.88. The molecule has 2 N–H and O–H groups in total. The monoisotopic (exact) mass is 348 g/mol. The molecule has 3 rings (SSSR count). The van der Waals surface area contributed by atoms with E-state index in [0.717, 1.165) is 22.5 Å². The second-order valence-electron chi connectivity index (χ2n) is 6.72. The number of para-hydroxylation sites is 1. The molecular weight excluding hydrogens is 324 g/mol. The standard InChI is InChI=1S/C21H24N4O/c1-15-9-10-17(11-16(15)2)21-18(12-24(3)14-20(22)26)13-25(23-21)19-7-5-4-6-8-19/h4-11,13H,12,14H2,1-3H3,(H2,22,26). The Morgan fingerprint density at radius 3 is 2.50 bits per heavy atom. The maximum absolute atomic E-state index is 11.2. The van der Waals surface area contributed by atoms with E-state index in [1.165, 1.54) is 11.1 Å². The number of primary amides is 1. The van der Waals surface area contributed by atoms with Crippen LogP contribution in [0.4, 0.5) is 0 Å². The highest BCUT2D eigenvalue weighted by atomic mass is 16.1. The number of carbonyl (C=O) groups is 1. The van der Waals surface area contributed by atoms with Gasteiger partial charge in [-0.25, -0.2) is 4.68 Å². The van der Waals surface area contributed by atoms with E-state index in [4.69, 9.17) is 10.8 Å². The molecule has 0 radical (unpaired) electrons. The molecule has 0 saturated carbocycles. The van der Waals surface area contributed by atoms with Gasteiger partial charge in [-0.05, 0) is 50.2 Å². The van der Waals surface area contributed by atoms with Crippen molar-refractivity contribution in [3.05, 3.63) is 71.4 Å². The Bertz CT molecular complexity index is 915. The summed E-state index contributed by atoms with van der Waals surface area (Å²) in [5.74, 6) is -0.337. The summed E-state index contributed by atoms with van der Waals surface area (Å²) < 4.78 is 1.89. The molecule has 1 heterocycles. The van der Waals surface area contributed by atoms with Gasteiger partial charge in [0.1, 0.15) is 0 Å². The molecule has 0 aliphatic carbocycles. The van der Waals surface area contributed by atoms with E-state index >= 15 is 0 Å². The number of nitrogens with two attached hydrogens (primary N) is 1. The molecule has 0 saturated heterocycles. The number of hydrogen-bond donors (Lipinski definition) is 1. The zero-order valence-corrected chi connectivity index (χ0v) is 15.4. The Balaban J connectivity index is 2.03. The van der Waals surface area contributed by atoms with Gasteiger partial charge in [-0.3, -0.25) is 9.69 Å². The highest BCUT2D eigenvalue weighted by Crippen LogP contribution is 2.26. The molecule has 3 aromatic rings. The lowest BCUT2D eigenvalue weighted by Gasteiger charge is -2.14. The minimum Gasteiger partial charge on any atom is -0.369 e. The van der Waals surface area contributed by atoms with Crippen molar-refractivity contribution in [2.75, 3.05) is 13.6 Å². The van der Waals surface area contributed by atoms with E-state index in [-0.39, 0.29) is 12.5 Å². The summed E-state index contributed by atoms with van der Waals surface area (Å²) in [6.07, 6.45) is 2.03. The van der Waals surface area contributed by atoms with E-state index < -0.39 is 0 Å². The van der Waals surface area contributed by atoms with Crippen LogP contribution in [-0.4, -0.2) is 34.2 Å². The van der Waals surface area contributed by atoms with Crippen LogP contribution in [0.1, 0.15) is 16.7 Å². The number of nitrogens with zero attached hydrogens (tertiary/aromatic N) is 3. The Hall–Kier alpha value is -2.92. The Labute approximate surface area is 154 Å². The van der Waals surface area contributed by atoms with Crippen LogP contribution in [0.15, 0.2) is 54.7 Å². The molecule has 1 amide bonds. The third-order valence-electron chi connectivity index (χ3n) is 4.46. The number of aryl methyl sites for hydroxylation is 2. The molecule has 134 valence electrons. The Kier molecular flexibility index (Phi) is 5.19. The van der Waals surface area contributed by atoms with E-state index in [2.05, 4.69) is 32.0 Å². The highest BCUT2D eigenvalue weighted by Gasteiger charge is 2.15. The molecule has 0 unspecified atom stereocenters. The van der Waals surface area contributed by atoms with Crippen molar-refractivity contribution in [1.29, 1.82) is 0 Å². The number of amides is 1. The quantitative estimate of drug-likeness (QED) is 0.744. The van der Waals surface area contributed by atoms with Crippen molar-refractivity contribution < 1.29 is 4.79 Å². The molecule has 0 aliphatic heterocycles. The van der Waals surface area contributed by atoms with E-state index in [0.29, 0.717) is 6.54 Å². The summed E-state index contributed by atoms with van der Waals surface area (Å²) in [6.45, 7) is 5.01. The second-order valence-corrected chi connectivity index (χ2v) is 6.72. The van der Waals surface area contributed by atoms with Crippen LogP contribution in [0.5, 0.6) is 0 Å². The van der Waals surface area contributed by atoms with Crippen molar-refractivity contribution >= 4 is 5.91 Å². The lowest BCUT2D eigenvalue weighted by Crippen LogP contribution is -2.30. The van der Waals surface area contributed by atoms with Crippen LogP contribution >= 0.6 is 0 Å². The van der Waals surface area contributed by atoms with Crippen LogP contribution in [-0.2, 0) is 11.3 Å². The molecule has 1 aromatic heterocycles. The zero-order valence-electron chi connectivity index (χ0n) is 15.4. The predicted octanol–water partition coefficient (Wildman–Crippen LogP) is 3.07. The van der Waals surface area contributed by atoms with Crippen molar-refractivity contribution in [1.82, 2.24) is 14.7 Å². The number of carbonyl (C=O) groups excluding carboxylic acids is 1. The molecular formula is C21H24N4O. The van der Waals surface area contributed by atoms with E-state index in [9.17, 15) is 4.79 Å². The molecule has 26 heavy (non-hydrogen) atoms. The predicted molar refractivity (Wildman–Crippen MR) is 104 cm³/mol. The Morgan fingerprint density at radius 1 is 1.12 bits per heavy atom. The minimum absolute atomic E-state index is 0.211. The lowest BCUT2D eigenvalue weighted by molar-refractivity contribution is -0.118. The summed E-state index contributed by atoms with van der Waals surface area (Å²) in [5.41, 5.74) is 11.9. The van der Waals surface area contributed by atoms with Crippen LogP contribution in [0, 0.1) is 13.8 Å². The molecule has 0 aliphatic rings. The topological polar surface area (TPSA) is 64.2 Å². The fourth-order valence-corrected chi connectivity index (χ4v) is 2.98. The van der Waals surface area contributed by atoms with Crippen molar-refractivity contribution in [3.63, 3.8) is 0 Å². The van der Waals surface area contributed by atoms with Gasteiger partial charge in [-0.1, -0.05) is 30.3 Å². The number of aromatic nitrogens is 2. The smallest absolute Gasteiger partial charge is 0.231 e. The van der Waals surface area contributed by atoms with E-state index in [1.54, 1.807) is 0 Å². The number of benzene rings is 2. The van der Waals surface area contributed by atoms with Crippen molar-refractivity contribution in [2.45, 2.75) is 20.4 Å². The van der Waals surface area contributed by atoms with Crippen LogP contribution in [0.3, 0.4) is 0 Å². The molecule has 2 aromatic carbocycles. The summed E-state index contributed by atoms with van der Waals surface area (Å²) in [6, 6.07) is 16.4. The number of rotatable bonds is 6. The van der Waals surface area contributed by atoms with Crippen LogP contribution in [0.2, 0.25) is 0 Å². The Morgan fingerprint density at radius 2 is 1.85 bits per heavy atom. The first-order valence-electron chi connectivity index (χ1n) is 8.62.